The second kappa shape index (κ2) is 16.6. The number of carbonyl (C=O) groups is 4. The average molecular weight is 615 g/mol. The van der Waals surface area contributed by atoms with Crippen LogP contribution in [0.3, 0.4) is 0 Å². The molecule has 0 bridgehead atoms. The molecule has 0 aliphatic carbocycles. The average Bonchev–Trinajstić information content (AvgIpc) is 3.47. The lowest BCUT2D eigenvalue weighted by molar-refractivity contribution is -0.142. The molecule has 3 amide bonds. The minimum atomic E-state index is -0.755. The highest BCUT2D eigenvalue weighted by molar-refractivity contribution is 6.07. The summed E-state index contributed by atoms with van der Waals surface area (Å²) in [4.78, 5) is 63.3. The van der Waals surface area contributed by atoms with Crippen LogP contribution in [0.1, 0.15) is 72.5 Å². The minimum absolute atomic E-state index is 0.0374. The number of H-pyrrole nitrogens is 1. The summed E-state index contributed by atoms with van der Waals surface area (Å²) in [6.07, 6.45) is 4.79. The third kappa shape index (κ3) is 9.62. The SMILES string of the molecule is CCCCCCOC(=O)NC(=O)c1ccc(NCc2nc3ccc(C(=O)N(CCC(=O)OCC)c4ccccn4)cc3[nH]2)cc1. The number of imide groups is 1. The number of aromatic amines is 1. The molecule has 45 heavy (non-hydrogen) atoms. The zero-order valence-electron chi connectivity index (χ0n) is 25.5. The molecule has 0 fully saturated rings. The van der Waals surface area contributed by atoms with Crippen LogP contribution in [0.15, 0.2) is 66.9 Å². The van der Waals surface area contributed by atoms with Crippen molar-refractivity contribution in [1.82, 2.24) is 20.3 Å². The van der Waals surface area contributed by atoms with E-state index in [1.54, 1.807) is 73.8 Å². The maximum absolute atomic E-state index is 13.5. The number of fused-ring (bicyclic) bond motifs is 1. The van der Waals surface area contributed by atoms with E-state index in [2.05, 4.69) is 32.5 Å². The first-order chi connectivity index (χ1) is 21.9. The third-order valence-corrected chi connectivity index (χ3v) is 6.85. The molecule has 0 saturated carbocycles. The fraction of sp³-hybridized carbons (Fsp3) is 0.333. The second-order valence-corrected chi connectivity index (χ2v) is 10.2. The van der Waals surface area contributed by atoms with E-state index < -0.39 is 18.0 Å². The number of rotatable bonds is 15. The molecule has 12 heteroatoms. The summed E-state index contributed by atoms with van der Waals surface area (Å²) < 4.78 is 10.1. The second-order valence-electron chi connectivity index (χ2n) is 10.2. The van der Waals surface area contributed by atoms with Gasteiger partial charge in [0.1, 0.15) is 11.6 Å². The first-order valence-corrected chi connectivity index (χ1v) is 15.1. The zero-order chi connectivity index (χ0) is 32.0. The van der Waals surface area contributed by atoms with Gasteiger partial charge in [-0.25, -0.2) is 14.8 Å². The van der Waals surface area contributed by atoms with Crippen molar-refractivity contribution in [2.24, 2.45) is 0 Å². The van der Waals surface area contributed by atoms with Gasteiger partial charge in [-0.2, -0.15) is 0 Å². The number of esters is 1. The van der Waals surface area contributed by atoms with Crippen LogP contribution in [-0.4, -0.2) is 58.6 Å². The normalized spacial score (nSPS) is 10.7. The van der Waals surface area contributed by atoms with E-state index in [1.807, 2.05) is 0 Å². The van der Waals surface area contributed by atoms with E-state index >= 15 is 0 Å². The quantitative estimate of drug-likeness (QED) is 0.114. The van der Waals surface area contributed by atoms with Crippen molar-refractivity contribution < 1.29 is 28.7 Å². The Labute approximate surface area is 261 Å². The standard InChI is InChI=1S/C33H38N6O6/c1-3-5-6-9-20-45-33(43)38-31(41)23-11-14-25(15-12-23)35-22-28-36-26-16-13-24(21-27(26)37-28)32(42)39(19-17-30(40)44-4-2)29-10-7-8-18-34-29/h7-8,10-16,18,21,35H,3-6,9,17,19-20,22H2,1-2H3,(H,36,37)(H,38,41,43). The number of amides is 3. The molecular formula is C33H38N6O6. The van der Waals surface area contributed by atoms with Crippen LogP contribution in [-0.2, 0) is 20.8 Å². The van der Waals surface area contributed by atoms with Crippen LogP contribution in [0.4, 0.5) is 16.3 Å². The summed E-state index contributed by atoms with van der Waals surface area (Å²) >= 11 is 0. The number of benzene rings is 2. The smallest absolute Gasteiger partial charge is 0.414 e. The molecule has 0 atom stereocenters. The Bertz CT molecular complexity index is 1590. The Morgan fingerprint density at radius 2 is 1.71 bits per heavy atom. The van der Waals surface area contributed by atoms with Crippen LogP contribution in [0, 0.1) is 0 Å². The number of hydrogen-bond acceptors (Lipinski definition) is 9. The van der Waals surface area contributed by atoms with Crippen LogP contribution in [0.25, 0.3) is 11.0 Å². The van der Waals surface area contributed by atoms with Crippen molar-refractivity contribution in [3.8, 4) is 0 Å². The monoisotopic (exact) mass is 614 g/mol. The van der Waals surface area contributed by atoms with Crippen molar-refractivity contribution in [3.05, 3.63) is 83.8 Å². The number of pyridine rings is 1. The van der Waals surface area contributed by atoms with Gasteiger partial charge >= 0.3 is 12.1 Å². The molecule has 4 rings (SSSR count). The van der Waals surface area contributed by atoms with Gasteiger partial charge in [0.2, 0.25) is 0 Å². The Morgan fingerprint density at radius 3 is 2.44 bits per heavy atom. The number of hydrogen-bond donors (Lipinski definition) is 3. The number of anilines is 2. The van der Waals surface area contributed by atoms with E-state index in [1.165, 1.54) is 4.90 Å². The van der Waals surface area contributed by atoms with Crippen LogP contribution in [0.2, 0.25) is 0 Å². The maximum atomic E-state index is 13.5. The number of nitrogens with zero attached hydrogens (tertiary/aromatic N) is 3. The van der Waals surface area contributed by atoms with E-state index in [-0.39, 0.29) is 32.1 Å². The zero-order valence-corrected chi connectivity index (χ0v) is 25.5. The molecular weight excluding hydrogens is 576 g/mol. The van der Waals surface area contributed by atoms with Gasteiger partial charge in [0.25, 0.3) is 11.8 Å². The Kier molecular flexibility index (Phi) is 12.0. The number of imidazole rings is 1. The fourth-order valence-electron chi connectivity index (χ4n) is 4.52. The van der Waals surface area contributed by atoms with Crippen LogP contribution in [0.5, 0.6) is 0 Å². The van der Waals surface area contributed by atoms with Gasteiger partial charge < -0.3 is 19.8 Å². The molecule has 0 saturated heterocycles. The molecule has 0 aliphatic rings. The number of aromatic nitrogens is 3. The van der Waals surface area contributed by atoms with Gasteiger partial charge in [0, 0.05) is 29.6 Å². The lowest BCUT2D eigenvalue weighted by Crippen LogP contribution is -2.34. The van der Waals surface area contributed by atoms with E-state index in [4.69, 9.17) is 9.47 Å². The van der Waals surface area contributed by atoms with Crippen LogP contribution >= 0.6 is 0 Å². The van der Waals surface area contributed by atoms with E-state index in [0.29, 0.717) is 40.3 Å². The number of unbranched alkanes of at least 4 members (excludes halogenated alkanes) is 3. The molecule has 2 heterocycles. The van der Waals surface area contributed by atoms with Crippen LogP contribution < -0.4 is 15.5 Å². The third-order valence-electron chi connectivity index (χ3n) is 6.85. The number of carbonyl (C=O) groups excluding carboxylic acids is 4. The summed E-state index contributed by atoms with van der Waals surface area (Å²) in [5.74, 6) is -0.160. The Morgan fingerprint density at radius 1 is 0.911 bits per heavy atom. The summed E-state index contributed by atoms with van der Waals surface area (Å²) in [6.45, 7) is 4.86. The van der Waals surface area contributed by atoms with Gasteiger partial charge in [-0.05, 0) is 67.9 Å². The lowest BCUT2D eigenvalue weighted by Gasteiger charge is -2.21. The molecule has 2 aromatic carbocycles. The van der Waals surface area contributed by atoms with E-state index in [9.17, 15) is 19.2 Å². The summed E-state index contributed by atoms with van der Waals surface area (Å²) in [6, 6.07) is 17.1. The molecule has 2 aromatic heterocycles. The van der Waals surface area contributed by atoms with E-state index in [0.717, 1.165) is 31.4 Å². The number of nitrogens with one attached hydrogen (secondary N) is 3. The minimum Gasteiger partial charge on any atom is -0.466 e. The summed E-state index contributed by atoms with van der Waals surface area (Å²) in [7, 11) is 0. The topological polar surface area (TPSA) is 156 Å². The number of ether oxygens (including phenoxy) is 2. The largest absolute Gasteiger partial charge is 0.466 e. The molecule has 0 radical (unpaired) electrons. The first kappa shape index (κ1) is 32.6. The van der Waals surface area contributed by atoms with Crippen molar-refractivity contribution in [1.29, 1.82) is 0 Å². The maximum Gasteiger partial charge on any atom is 0.414 e. The van der Waals surface area contributed by atoms with Gasteiger partial charge in [-0.3, -0.25) is 24.6 Å². The Balaban J connectivity index is 1.34. The van der Waals surface area contributed by atoms with Crippen molar-refractivity contribution in [3.63, 3.8) is 0 Å². The highest BCUT2D eigenvalue weighted by Gasteiger charge is 2.21. The molecule has 0 unspecified atom stereocenters. The summed E-state index contributed by atoms with van der Waals surface area (Å²) in [5, 5.41) is 5.48. The molecule has 12 nitrogen and oxygen atoms in total. The number of alkyl carbamates (subject to hydrolysis) is 1. The molecule has 4 aromatic rings. The van der Waals surface area contributed by atoms with Gasteiger partial charge in [0.05, 0.1) is 37.2 Å². The molecule has 3 N–H and O–H groups in total. The predicted molar refractivity (Wildman–Crippen MR) is 170 cm³/mol. The van der Waals surface area contributed by atoms with Crippen molar-refractivity contribution in [2.75, 3.05) is 30.0 Å². The van der Waals surface area contributed by atoms with Gasteiger partial charge in [-0.15, -0.1) is 0 Å². The van der Waals surface area contributed by atoms with Crippen molar-refractivity contribution >= 4 is 46.4 Å². The Hall–Kier alpha value is -5.26. The molecule has 236 valence electrons. The fourth-order valence-corrected chi connectivity index (χ4v) is 4.52. The summed E-state index contributed by atoms with van der Waals surface area (Å²) in [5.41, 5.74) is 2.84. The molecule has 0 spiro atoms. The first-order valence-electron chi connectivity index (χ1n) is 15.1. The highest BCUT2D eigenvalue weighted by atomic mass is 16.5. The lowest BCUT2D eigenvalue weighted by atomic mass is 10.1. The van der Waals surface area contributed by atoms with Crippen molar-refractivity contribution in [2.45, 2.75) is 52.5 Å². The highest BCUT2D eigenvalue weighted by Crippen LogP contribution is 2.20. The van der Waals surface area contributed by atoms with Gasteiger partial charge in [0.15, 0.2) is 0 Å². The van der Waals surface area contributed by atoms with Gasteiger partial charge in [-0.1, -0.05) is 32.3 Å². The predicted octanol–water partition coefficient (Wildman–Crippen LogP) is 5.62. The molecule has 0 aliphatic heterocycles.